The van der Waals surface area contributed by atoms with Crippen LogP contribution in [0.25, 0.3) is 0 Å². The summed E-state index contributed by atoms with van der Waals surface area (Å²) in [4.78, 5) is 11.7. The Morgan fingerprint density at radius 2 is 1.95 bits per heavy atom. The Hall–Kier alpha value is -0.970. The molecule has 0 saturated carbocycles. The molecule has 0 heterocycles. The molecule has 1 aromatic rings. The van der Waals surface area contributed by atoms with Crippen molar-refractivity contribution >= 4 is 16.9 Å². The molecule has 1 nitrogen and oxygen atoms in total. The lowest BCUT2D eigenvalue weighted by Crippen LogP contribution is -2.20. The Kier molecular flexibility index (Phi) is 6.42. The molecule has 5 heteroatoms. The van der Waals surface area contributed by atoms with Gasteiger partial charge >= 0.3 is 0 Å². The van der Waals surface area contributed by atoms with E-state index in [1.807, 2.05) is 0 Å². The molecule has 0 aromatic heterocycles. The molecule has 1 aromatic carbocycles. The zero-order valence-electron chi connectivity index (χ0n) is 10.7. The van der Waals surface area contributed by atoms with E-state index in [9.17, 15) is 18.0 Å². The van der Waals surface area contributed by atoms with Crippen molar-refractivity contribution in [2.75, 3.05) is 5.75 Å². The molecular formula is C14H17F3OS. The van der Waals surface area contributed by atoms with Crippen LogP contribution >= 0.6 is 11.8 Å². The lowest BCUT2D eigenvalue weighted by atomic mass is 10.1. The van der Waals surface area contributed by atoms with Crippen LogP contribution in [-0.2, 0) is 0 Å². The number of thioether (sulfide) groups is 1. The molecule has 0 aliphatic heterocycles. The number of hydrogen-bond donors (Lipinski definition) is 0. The molecule has 0 radical (unpaired) electrons. The fourth-order valence-electron chi connectivity index (χ4n) is 1.67. The van der Waals surface area contributed by atoms with Gasteiger partial charge in [0.2, 0.25) is 5.12 Å². The monoisotopic (exact) mass is 290 g/mol. The quantitative estimate of drug-likeness (QED) is 0.676. The Morgan fingerprint density at radius 3 is 2.53 bits per heavy atom. The number of hydrogen-bond acceptors (Lipinski definition) is 2. The zero-order valence-corrected chi connectivity index (χ0v) is 11.6. The van der Waals surface area contributed by atoms with E-state index < -0.39 is 18.5 Å². The number of carbonyl (C=O) groups excluding carboxylic acids is 1. The maximum absolute atomic E-state index is 13.2. The van der Waals surface area contributed by atoms with Gasteiger partial charge in [0.25, 0.3) is 5.92 Å². The van der Waals surface area contributed by atoms with E-state index >= 15 is 0 Å². The van der Waals surface area contributed by atoms with Crippen molar-refractivity contribution in [3.63, 3.8) is 0 Å². The molecule has 0 saturated heterocycles. The van der Waals surface area contributed by atoms with Gasteiger partial charge in [-0.25, -0.2) is 13.2 Å². The largest absolute Gasteiger partial charge is 0.282 e. The first-order valence-corrected chi connectivity index (χ1v) is 7.13. The van der Waals surface area contributed by atoms with Crippen LogP contribution in [0.1, 0.15) is 36.5 Å². The summed E-state index contributed by atoms with van der Waals surface area (Å²) in [6, 6.07) is 8.69. The van der Waals surface area contributed by atoms with Crippen LogP contribution in [0.2, 0.25) is 0 Å². The smallest absolute Gasteiger partial charge is 0.250 e. The predicted molar refractivity (Wildman–Crippen MR) is 72.6 cm³/mol. The second-order valence-electron chi connectivity index (χ2n) is 4.45. The summed E-state index contributed by atoms with van der Waals surface area (Å²) in [7, 11) is 0. The Labute approximate surface area is 115 Å². The predicted octanol–water partition coefficient (Wildman–Crippen LogP) is 4.72. The van der Waals surface area contributed by atoms with Crippen LogP contribution in [-0.4, -0.2) is 23.0 Å². The number of benzene rings is 1. The average Bonchev–Trinajstić information content (AvgIpc) is 2.34. The van der Waals surface area contributed by atoms with Crippen LogP contribution in [0, 0.1) is 0 Å². The molecule has 19 heavy (non-hydrogen) atoms. The first-order chi connectivity index (χ1) is 8.91. The lowest BCUT2D eigenvalue weighted by molar-refractivity contribution is -0.0333. The fourth-order valence-corrected chi connectivity index (χ4v) is 2.44. The first kappa shape index (κ1) is 16.1. The molecule has 0 aliphatic rings. The molecule has 0 N–H and O–H groups in total. The topological polar surface area (TPSA) is 17.1 Å². The van der Waals surface area contributed by atoms with Gasteiger partial charge in [-0.05, 0) is 13.3 Å². The molecule has 0 fully saturated rings. The molecule has 1 rings (SSSR count). The van der Waals surface area contributed by atoms with Crippen molar-refractivity contribution < 1.29 is 18.0 Å². The fraction of sp³-hybridized carbons (Fsp3) is 0.500. The van der Waals surface area contributed by atoms with Gasteiger partial charge in [0.05, 0.1) is 0 Å². The van der Waals surface area contributed by atoms with E-state index in [4.69, 9.17) is 0 Å². The summed E-state index contributed by atoms with van der Waals surface area (Å²) in [5, 5.41) is -0.122. The van der Waals surface area contributed by atoms with Crippen molar-refractivity contribution in [1.29, 1.82) is 0 Å². The summed E-state index contributed by atoms with van der Waals surface area (Å²) < 4.78 is 38.9. The third-order valence-electron chi connectivity index (χ3n) is 2.51. The summed E-state index contributed by atoms with van der Waals surface area (Å²) >= 11 is 1.02. The number of carbonyl (C=O) groups is 1. The van der Waals surface area contributed by atoms with Crippen LogP contribution in [0.15, 0.2) is 30.3 Å². The third kappa shape index (κ3) is 6.66. The second kappa shape index (κ2) is 7.58. The highest BCUT2D eigenvalue weighted by atomic mass is 32.2. The van der Waals surface area contributed by atoms with Gasteiger partial charge in [0, 0.05) is 24.2 Å². The molecule has 106 valence electrons. The Bertz CT molecular complexity index is 393. The van der Waals surface area contributed by atoms with E-state index in [1.165, 1.54) is 0 Å². The van der Waals surface area contributed by atoms with Gasteiger partial charge < -0.3 is 0 Å². The van der Waals surface area contributed by atoms with Crippen LogP contribution in [0.3, 0.4) is 0 Å². The van der Waals surface area contributed by atoms with Gasteiger partial charge in [0.15, 0.2) is 0 Å². The molecule has 1 atom stereocenters. The van der Waals surface area contributed by atoms with Crippen LogP contribution in [0.5, 0.6) is 0 Å². The molecule has 0 aliphatic carbocycles. The minimum Gasteiger partial charge on any atom is -0.282 e. The van der Waals surface area contributed by atoms with Crippen molar-refractivity contribution in [3.8, 4) is 0 Å². The molecule has 0 spiro atoms. The third-order valence-corrected chi connectivity index (χ3v) is 3.50. The SMILES string of the molecule is CC(F)CC(F)(F)CCCSC(=O)c1ccccc1. The summed E-state index contributed by atoms with van der Waals surface area (Å²) in [5.41, 5.74) is 0.566. The van der Waals surface area contributed by atoms with Crippen molar-refractivity contribution in [1.82, 2.24) is 0 Å². The number of halogens is 3. The minimum absolute atomic E-state index is 0.122. The second-order valence-corrected chi connectivity index (χ2v) is 5.51. The van der Waals surface area contributed by atoms with Crippen LogP contribution in [0.4, 0.5) is 13.2 Å². The summed E-state index contributed by atoms with van der Waals surface area (Å²) in [6.45, 7) is 1.13. The van der Waals surface area contributed by atoms with Crippen LogP contribution < -0.4 is 0 Å². The molecule has 0 amide bonds. The van der Waals surface area contributed by atoms with Gasteiger partial charge in [-0.2, -0.15) is 0 Å². The minimum atomic E-state index is -2.98. The summed E-state index contributed by atoms with van der Waals surface area (Å²) in [5.74, 6) is -2.66. The highest BCUT2D eigenvalue weighted by molar-refractivity contribution is 8.14. The number of alkyl halides is 3. The van der Waals surface area contributed by atoms with E-state index in [0.29, 0.717) is 11.3 Å². The van der Waals surface area contributed by atoms with Crippen molar-refractivity contribution in [2.24, 2.45) is 0 Å². The molecule has 1 unspecified atom stereocenters. The molecule has 0 bridgehead atoms. The van der Waals surface area contributed by atoms with Crippen molar-refractivity contribution in [2.45, 2.75) is 38.3 Å². The van der Waals surface area contributed by atoms with E-state index in [1.54, 1.807) is 30.3 Å². The van der Waals surface area contributed by atoms with Gasteiger partial charge in [-0.3, -0.25) is 4.79 Å². The van der Waals surface area contributed by atoms with Gasteiger partial charge in [0.1, 0.15) is 6.17 Å². The first-order valence-electron chi connectivity index (χ1n) is 6.15. The number of rotatable bonds is 7. The van der Waals surface area contributed by atoms with E-state index in [0.717, 1.165) is 18.7 Å². The normalized spacial score (nSPS) is 13.3. The lowest BCUT2D eigenvalue weighted by Gasteiger charge is -2.16. The molecular weight excluding hydrogens is 273 g/mol. The maximum atomic E-state index is 13.2. The zero-order chi connectivity index (χ0) is 14.3. The highest BCUT2D eigenvalue weighted by Crippen LogP contribution is 2.28. The summed E-state index contributed by atoms with van der Waals surface area (Å²) in [6.07, 6.45) is -2.43. The highest BCUT2D eigenvalue weighted by Gasteiger charge is 2.30. The van der Waals surface area contributed by atoms with Gasteiger partial charge in [-0.15, -0.1) is 0 Å². The standard InChI is InChI=1S/C14H17F3OS/c1-11(15)10-14(16,17)8-5-9-19-13(18)12-6-3-2-4-7-12/h2-4,6-7,11H,5,8-10H2,1H3. The van der Waals surface area contributed by atoms with Crippen molar-refractivity contribution in [3.05, 3.63) is 35.9 Å². The maximum Gasteiger partial charge on any atom is 0.250 e. The Morgan fingerprint density at radius 1 is 1.32 bits per heavy atom. The van der Waals surface area contributed by atoms with E-state index in [2.05, 4.69) is 0 Å². The van der Waals surface area contributed by atoms with E-state index in [-0.39, 0.29) is 18.0 Å². The Balaban J connectivity index is 2.26. The average molecular weight is 290 g/mol. The van der Waals surface area contributed by atoms with Gasteiger partial charge in [-0.1, -0.05) is 42.1 Å².